The fraction of sp³-hybridized carbons (Fsp3) is 0.571. The Bertz CT molecular complexity index is 391. The van der Waals surface area contributed by atoms with E-state index in [1.54, 1.807) is 6.07 Å². The van der Waals surface area contributed by atoms with Gasteiger partial charge in [-0.1, -0.05) is 35.3 Å². The van der Waals surface area contributed by atoms with Gasteiger partial charge >= 0.3 is 0 Å². The first-order valence-corrected chi connectivity index (χ1v) is 7.41. The molecule has 1 N–H and O–H groups in total. The van der Waals surface area contributed by atoms with Crippen LogP contribution in [0, 0.1) is 5.82 Å². The van der Waals surface area contributed by atoms with E-state index in [1.807, 2.05) is 12.1 Å². The molecule has 100 valence electrons. The highest BCUT2D eigenvalue weighted by Gasteiger charge is 2.23. The van der Waals surface area contributed by atoms with Crippen LogP contribution >= 0.6 is 15.9 Å². The van der Waals surface area contributed by atoms with E-state index in [4.69, 9.17) is 0 Å². The minimum atomic E-state index is -0.0960. The van der Waals surface area contributed by atoms with Gasteiger partial charge in [-0.05, 0) is 18.6 Å². The Labute approximate surface area is 117 Å². The van der Waals surface area contributed by atoms with Gasteiger partial charge in [0.15, 0.2) is 0 Å². The highest BCUT2D eigenvalue weighted by molar-refractivity contribution is 9.10. The van der Waals surface area contributed by atoms with Crippen LogP contribution in [0.15, 0.2) is 22.7 Å². The summed E-state index contributed by atoms with van der Waals surface area (Å²) >= 11 is 3.32. The lowest BCUT2D eigenvalue weighted by Crippen LogP contribution is -2.45. The van der Waals surface area contributed by atoms with Crippen molar-refractivity contribution in [3.05, 3.63) is 34.1 Å². The van der Waals surface area contributed by atoms with Crippen LogP contribution in [0.3, 0.4) is 0 Å². The molecule has 0 bridgehead atoms. The average Bonchev–Trinajstić information content (AvgIpc) is 2.38. The maximum absolute atomic E-state index is 14.1. The second-order valence-electron chi connectivity index (χ2n) is 4.76. The van der Waals surface area contributed by atoms with Crippen molar-refractivity contribution in [2.45, 2.75) is 25.8 Å². The van der Waals surface area contributed by atoms with Gasteiger partial charge in [-0.3, -0.25) is 4.90 Å². The molecule has 1 aliphatic rings. The average molecular weight is 315 g/mol. The molecular formula is C14H20BrFN2. The van der Waals surface area contributed by atoms with Gasteiger partial charge in [0.2, 0.25) is 0 Å². The number of nitrogens with one attached hydrogen (secondary N) is 1. The molecule has 1 atom stereocenters. The molecule has 0 saturated carbocycles. The Morgan fingerprint density at radius 1 is 1.39 bits per heavy atom. The lowest BCUT2D eigenvalue weighted by Gasteiger charge is -2.35. The molecule has 1 saturated heterocycles. The monoisotopic (exact) mass is 314 g/mol. The van der Waals surface area contributed by atoms with Crippen LogP contribution in [0.4, 0.5) is 4.39 Å². The smallest absolute Gasteiger partial charge is 0.129 e. The third-order valence-corrected chi connectivity index (χ3v) is 3.97. The summed E-state index contributed by atoms with van der Waals surface area (Å²) < 4.78 is 14.9. The number of rotatable bonds is 4. The van der Waals surface area contributed by atoms with E-state index in [9.17, 15) is 4.39 Å². The van der Waals surface area contributed by atoms with Crippen LogP contribution < -0.4 is 5.32 Å². The summed E-state index contributed by atoms with van der Waals surface area (Å²) in [6, 6.07) is 5.64. The van der Waals surface area contributed by atoms with Crippen molar-refractivity contribution in [3.63, 3.8) is 0 Å². The maximum Gasteiger partial charge on any atom is 0.129 e. The van der Waals surface area contributed by atoms with Crippen LogP contribution in [0.1, 0.15) is 31.4 Å². The Morgan fingerprint density at radius 3 is 2.72 bits per heavy atom. The number of hydrogen-bond acceptors (Lipinski definition) is 2. The minimum absolute atomic E-state index is 0.0960. The quantitative estimate of drug-likeness (QED) is 0.917. The maximum atomic E-state index is 14.1. The number of nitrogens with zero attached hydrogens (tertiary/aromatic N) is 1. The van der Waals surface area contributed by atoms with Gasteiger partial charge in [0.05, 0.1) is 0 Å². The molecule has 0 unspecified atom stereocenters. The minimum Gasteiger partial charge on any atom is -0.314 e. The molecule has 0 radical (unpaired) electrons. The van der Waals surface area contributed by atoms with Gasteiger partial charge in [0.1, 0.15) is 5.82 Å². The lowest BCUT2D eigenvalue weighted by molar-refractivity contribution is 0.161. The van der Waals surface area contributed by atoms with Gasteiger partial charge in [-0.25, -0.2) is 4.39 Å². The summed E-state index contributed by atoms with van der Waals surface area (Å²) in [6.07, 6.45) is 2.09. The van der Waals surface area contributed by atoms with E-state index in [2.05, 4.69) is 33.1 Å². The van der Waals surface area contributed by atoms with Crippen LogP contribution in [0.25, 0.3) is 0 Å². The zero-order chi connectivity index (χ0) is 13.0. The van der Waals surface area contributed by atoms with Gasteiger partial charge < -0.3 is 5.32 Å². The summed E-state index contributed by atoms with van der Waals surface area (Å²) in [7, 11) is 0. The topological polar surface area (TPSA) is 15.3 Å². The fourth-order valence-electron chi connectivity index (χ4n) is 2.57. The van der Waals surface area contributed by atoms with Crippen LogP contribution in [-0.2, 0) is 0 Å². The predicted octanol–water partition coefficient (Wildman–Crippen LogP) is 3.33. The molecule has 18 heavy (non-hydrogen) atoms. The number of halogens is 2. The summed E-state index contributed by atoms with van der Waals surface area (Å²) in [5.41, 5.74) is 0.835. The van der Waals surface area contributed by atoms with Crippen molar-refractivity contribution in [1.29, 1.82) is 0 Å². The largest absolute Gasteiger partial charge is 0.314 e. The van der Waals surface area contributed by atoms with E-state index in [0.29, 0.717) is 0 Å². The summed E-state index contributed by atoms with van der Waals surface area (Å²) in [4.78, 5) is 2.40. The van der Waals surface area contributed by atoms with Gasteiger partial charge in [0.25, 0.3) is 0 Å². The highest BCUT2D eigenvalue weighted by atomic mass is 79.9. The van der Waals surface area contributed by atoms with E-state index in [1.165, 1.54) is 0 Å². The Morgan fingerprint density at radius 2 is 2.11 bits per heavy atom. The van der Waals surface area contributed by atoms with Gasteiger partial charge in [0, 0.05) is 42.3 Å². The van der Waals surface area contributed by atoms with Gasteiger partial charge in [-0.15, -0.1) is 0 Å². The summed E-state index contributed by atoms with van der Waals surface area (Å²) in [5, 5.41) is 3.34. The van der Waals surface area contributed by atoms with Crippen LogP contribution in [0.2, 0.25) is 0 Å². The molecule has 0 aliphatic carbocycles. The van der Waals surface area contributed by atoms with Crippen molar-refractivity contribution in [2.75, 3.05) is 26.2 Å². The first kappa shape index (κ1) is 14.0. The normalized spacial score (nSPS) is 18.8. The standard InChI is InChI=1S/C14H20BrFN2/c1-2-3-14(18-8-6-17-7-9-18)12-5-4-11(15)10-13(12)16/h4-5,10,14,17H,2-3,6-9H2,1H3/t14-/m0/s1. The van der Waals surface area contributed by atoms with Crippen molar-refractivity contribution in [1.82, 2.24) is 10.2 Å². The number of piperazine rings is 1. The second kappa shape index (κ2) is 6.64. The number of hydrogen-bond donors (Lipinski definition) is 1. The van der Waals surface area contributed by atoms with E-state index in [-0.39, 0.29) is 11.9 Å². The molecule has 0 aromatic heterocycles. The Balaban J connectivity index is 2.22. The SMILES string of the molecule is CCC[C@@H](c1ccc(Br)cc1F)N1CCNCC1. The summed E-state index contributed by atoms with van der Waals surface area (Å²) in [6.45, 7) is 6.16. The second-order valence-corrected chi connectivity index (χ2v) is 5.67. The molecule has 4 heteroatoms. The molecular weight excluding hydrogens is 295 g/mol. The Kier molecular flexibility index (Phi) is 5.15. The lowest BCUT2D eigenvalue weighted by atomic mass is 9.99. The number of benzene rings is 1. The molecule has 1 aromatic carbocycles. The van der Waals surface area contributed by atoms with Crippen molar-refractivity contribution in [2.24, 2.45) is 0 Å². The van der Waals surface area contributed by atoms with Crippen molar-refractivity contribution < 1.29 is 4.39 Å². The van der Waals surface area contributed by atoms with E-state index >= 15 is 0 Å². The van der Waals surface area contributed by atoms with Gasteiger partial charge in [-0.2, -0.15) is 0 Å². The third-order valence-electron chi connectivity index (χ3n) is 3.48. The van der Waals surface area contributed by atoms with Crippen molar-refractivity contribution >= 4 is 15.9 Å². The fourth-order valence-corrected chi connectivity index (χ4v) is 2.91. The molecule has 0 amide bonds. The molecule has 0 spiro atoms. The first-order valence-electron chi connectivity index (χ1n) is 6.62. The van der Waals surface area contributed by atoms with Crippen LogP contribution in [0.5, 0.6) is 0 Å². The molecule has 2 nitrogen and oxygen atoms in total. The zero-order valence-corrected chi connectivity index (χ0v) is 12.3. The van der Waals surface area contributed by atoms with Crippen LogP contribution in [-0.4, -0.2) is 31.1 Å². The molecule has 1 heterocycles. The first-order chi connectivity index (χ1) is 8.72. The van der Waals surface area contributed by atoms with Crippen molar-refractivity contribution in [3.8, 4) is 0 Å². The Hall–Kier alpha value is -0.450. The zero-order valence-electron chi connectivity index (χ0n) is 10.8. The van der Waals surface area contributed by atoms with E-state index < -0.39 is 0 Å². The molecule has 1 fully saturated rings. The molecule has 1 aromatic rings. The predicted molar refractivity (Wildman–Crippen MR) is 76.2 cm³/mol. The highest BCUT2D eigenvalue weighted by Crippen LogP contribution is 2.29. The molecule has 1 aliphatic heterocycles. The molecule has 2 rings (SSSR count). The summed E-state index contributed by atoms with van der Waals surface area (Å²) in [5.74, 6) is -0.0960. The third kappa shape index (κ3) is 3.31. The van der Waals surface area contributed by atoms with E-state index in [0.717, 1.165) is 49.1 Å².